The summed E-state index contributed by atoms with van der Waals surface area (Å²) in [5, 5.41) is 6.83. The summed E-state index contributed by atoms with van der Waals surface area (Å²) in [5.41, 5.74) is 7.39. The first-order valence-corrected chi connectivity index (χ1v) is 7.17. The van der Waals surface area contributed by atoms with Crippen molar-refractivity contribution in [1.29, 1.82) is 0 Å². The Bertz CT molecular complexity index is 567. The Labute approximate surface area is 116 Å². The molecule has 0 saturated heterocycles. The lowest BCUT2D eigenvalue weighted by molar-refractivity contribution is -0.120. The molecular weight excluding hydrogens is 260 g/mol. The van der Waals surface area contributed by atoms with Gasteiger partial charge in [0.25, 0.3) is 0 Å². The van der Waals surface area contributed by atoms with Crippen LogP contribution in [0.1, 0.15) is 19.8 Å². The molecular formula is C13H18N4OS. The molecule has 2 rings (SSSR count). The quantitative estimate of drug-likeness (QED) is 0.708. The minimum Gasteiger partial charge on any atom is -0.399 e. The lowest BCUT2D eigenvalue weighted by Gasteiger charge is -2.03. The first kappa shape index (κ1) is 13.6. The van der Waals surface area contributed by atoms with Crippen molar-refractivity contribution in [2.45, 2.75) is 19.8 Å². The van der Waals surface area contributed by atoms with Gasteiger partial charge in [0.05, 0.1) is 10.2 Å². The topological polar surface area (TPSA) is 80.0 Å². The monoisotopic (exact) mass is 278 g/mol. The summed E-state index contributed by atoms with van der Waals surface area (Å²) in [7, 11) is 0. The van der Waals surface area contributed by atoms with Crippen LogP contribution in [0.25, 0.3) is 10.2 Å². The second-order valence-electron chi connectivity index (χ2n) is 4.27. The third-order valence-corrected chi connectivity index (χ3v) is 3.59. The Balaban J connectivity index is 1.86. The molecule has 0 fully saturated rings. The van der Waals surface area contributed by atoms with Crippen LogP contribution in [0.3, 0.4) is 0 Å². The number of nitrogens with zero attached hydrogens (tertiary/aromatic N) is 1. The van der Waals surface area contributed by atoms with E-state index in [4.69, 9.17) is 5.73 Å². The van der Waals surface area contributed by atoms with Crippen LogP contribution in [0.5, 0.6) is 0 Å². The zero-order valence-electron chi connectivity index (χ0n) is 10.9. The number of nitrogens with one attached hydrogen (secondary N) is 2. The number of rotatable bonds is 6. The maximum Gasteiger partial charge on any atom is 0.221 e. The fraction of sp³-hybridized carbons (Fsp3) is 0.385. The predicted molar refractivity (Wildman–Crippen MR) is 80.4 cm³/mol. The molecule has 0 aliphatic carbocycles. The molecule has 0 bridgehead atoms. The van der Waals surface area contributed by atoms with E-state index in [1.165, 1.54) is 0 Å². The van der Waals surface area contributed by atoms with Gasteiger partial charge in [-0.3, -0.25) is 4.79 Å². The number of hydrogen-bond donors (Lipinski definition) is 3. The summed E-state index contributed by atoms with van der Waals surface area (Å²) in [4.78, 5) is 15.9. The summed E-state index contributed by atoms with van der Waals surface area (Å²) < 4.78 is 1.05. The van der Waals surface area contributed by atoms with Crippen LogP contribution in [-0.2, 0) is 4.79 Å². The van der Waals surface area contributed by atoms with Crippen molar-refractivity contribution in [2.24, 2.45) is 0 Å². The van der Waals surface area contributed by atoms with Crippen molar-refractivity contribution in [3.05, 3.63) is 18.2 Å². The van der Waals surface area contributed by atoms with E-state index in [1.807, 2.05) is 25.1 Å². The van der Waals surface area contributed by atoms with E-state index in [0.717, 1.165) is 34.0 Å². The second kappa shape index (κ2) is 6.38. The number of thiazole rings is 1. The molecule has 0 aliphatic heterocycles. The molecule has 0 saturated carbocycles. The number of aromatic nitrogens is 1. The molecule has 19 heavy (non-hydrogen) atoms. The Morgan fingerprint density at radius 1 is 1.42 bits per heavy atom. The number of amides is 1. The van der Waals surface area contributed by atoms with Crippen LogP contribution in [0, 0.1) is 0 Å². The molecule has 102 valence electrons. The molecule has 1 aromatic heterocycles. The molecule has 5 nitrogen and oxygen atoms in total. The Morgan fingerprint density at radius 3 is 3.05 bits per heavy atom. The summed E-state index contributed by atoms with van der Waals surface area (Å²) in [5.74, 6) is 0.0692. The van der Waals surface area contributed by atoms with Gasteiger partial charge in [0, 0.05) is 25.2 Å². The van der Waals surface area contributed by atoms with Crippen molar-refractivity contribution < 1.29 is 4.79 Å². The van der Waals surface area contributed by atoms with Crippen LogP contribution in [0.4, 0.5) is 10.8 Å². The number of benzene rings is 1. The number of hydrogen-bond acceptors (Lipinski definition) is 5. The van der Waals surface area contributed by atoms with Gasteiger partial charge >= 0.3 is 0 Å². The van der Waals surface area contributed by atoms with Gasteiger partial charge in [0.2, 0.25) is 5.91 Å². The molecule has 1 amide bonds. The summed E-state index contributed by atoms with van der Waals surface area (Å²) in [6, 6.07) is 5.65. The summed E-state index contributed by atoms with van der Waals surface area (Å²) in [6.07, 6.45) is 1.41. The van der Waals surface area contributed by atoms with Crippen LogP contribution < -0.4 is 16.4 Å². The maximum atomic E-state index is 11.4. The Kier molecular flexibility index (Phi) is 4.57. The van der Waals surface area contributed by atoms with Crippen molar-refractivity contribution in [3.63, 3.8) is 0 Å². The van der Waals surface area contributed by atoms with Gasteiger partial charge in [-0.25, -0.2) is 4.98 Å². The molecule has 6 heteroatoms. The van der Waals surface area contributed by atoms with Crippen LogP contribution >= 0.6 is 11.3 Å². The van der Waals surface area contributed by atoms with Gasteiger partial charge in [-0.1, -0.05) is 18.3 Å². The molecule has 0 unspecified atom stereocenters. The summed E-state index contributed by atoms with van der Waals surface area (Å²) in [6.45, 7) is 3.36. The minimum absolute atomic E-state index is 0.0692. The predicted octanol–water partition coefficient (Wildman–Crippen LogP) is 2.21. The number of carbonyl (C=O) groups is 1. The number of nitrogen functional groups attached to an aromatic ring is 1. The van der Waals surface area contributed by atoms with Gasteiger partial charge in [-0.05, 0) is 24.6 Å². The average Bonchev–Trinajstić information content (AvgIpc) is 2.78. The molecule has 2 aromatic rings. The number of anilines is 2. The Morgan fingerprint density at radius 2 is 2.26 bits per heavy atom. The Hall–Kier alpha value is -1.82. The molecule has 1 heterocycles. The first-order valence-electron chi connectivity index (χ1n) is 6.35. The molecule has 1 aromatic carbocycles. The molecule has 0 aliphatic rings. The molecule has 4 N–H and O–H groups in total. The van der Waals surface area contributed by atoms with Gasteiger partial charge in [-0.2, -0.15) is 0 Å². The van der Waals surface area contributed by atoms with E-state index in [9.17, 15) is 4.79 Å². The fourth-order valence-corrected chi connectivity index (χ4v) is 2.59. The smallest absolute Gasteiger partial charge is 0.221 e. The highest BCUT2D eigenvalue weighted by atomic mass is 32.1. The van der Waals surface area contributed by atoms with E-state index in [1.54, 1.807) is 11.3 Å². The third kappa shape index (κ3) is 3.82. The average molecular weight is 278 g/mol. The maximum absolute atomic E-state index is 11.4. The zero-order valence-corrected chi connectivity index (χ0v) is 11.7. The second-order valence-corrected chi connectivity index (χ2v) is 5.30. The van der Waals surface area contributed by atoms with Crippen LogP contribution in [0.15, 0.2) is 18.2 Å². The summed E-state index contributed by atoms with van der Waals surface area (Å²) >= 11 is 1.55. The van der Waals surface area contributed by atoms with Crippen LogP contribution in [0.2, 0.25) is 0 Å². The minimum atomic E-state index is 0.0692. The van der Waals surface area contributed by atoms with Gasteiger partial charge in [-0.15, -0.1) is 0 Å². The van der Waals surface area contributed by atoms with Crippen molar-refractivity contribution in [2.75, 3.05) is 24.1 Å². The third-order valence-electron chi connectivity index (χ3n) is 2.61. The highest BCUT2D eigenvalue weighted by Crippen LogP contribution is 2.27. The standard InChI is InChI=1S/C13H18N4OS/c1-2-6-15-12(18)5-7-16-13-17-10-4-3-9(14)8-11(10)19-13/h3-4,8H,2,5-7,14H2,1H3,(H,15,18)(H,16,17). The van der Waals surface area contributed by atoms with E-state index in [0.29, 0.717) is 13.0 Å². The molecule has 0 radical (unpaired) electrons. The van der Waals surface area contributed by atoms with Crippen molar-refractivity contribution in [1.82, 2.24) is 10.3 Å². The largest absolute Gasteiger partial charge is 0.399 e. The zero-order chi connectivity index (χ0) is 13.7. The van der Waals surface area contributed by atoms with Gasteiger partial charge in [0.1, 0.15) is 0 Å². The van der Waals surface area contributed by atoms with Crippen LogP contribution in [-0.4, -0.2) is 24.0 Å². The lowest BCUT2D eigenvalue weighted by atomic mass is 10.3. The first-order chi connectivity index (χ1) is 9.19. The normalized spacial score (nSPS) is 10.6. The SMILES string of the molecule is CCCNC(=O)CCNc1nc2ccc(N)cc2s1. The number of carbonyl (C=O) groups excluding carboxylic acids is 1. The van der Waals surface area contributed by atoms with E-state index >= 15 is 0 Å². The van der Waals surface area contributed by atoms with Crippen molar-refractivity contribution >= 4 is 38.3 Å². The van der Waals surface area contributed by atoms with Gasteiger partial charge < -0.3 is 16.4 Å². The molecule has 0 spiro atoms. The van der Waals surface area contributed by atoms with E-state index in [-0.39, 0.29) is 5.91 Å². The van der Waals surface area contributed by atoms with Gasteiger partial charge in [0.15, 0.2) is 5.13 Å². The number of nitrogens with two attached hydrogens (primary N) is 1. The van der Waals surface area contributed by atoms with E-state index < -0.39 is 0 Å². The van der Waals surface area contributed by atoms with Crippen molar-refractivity contribution in [3.8, 4) is 0 Å². The fourth-order valence-electron chi connectivity index (χ4n) is 1.65. The highest BCUT2D eigenvalue weighted by Gasteiger charge is 2.04. The molecule has 0 atom stereocenters. The lowest BCUT2D eigenvalue weighted by Crippen LogP contribution is -2.25. The highest BCUT2D eigenvalue weighted by molar-refractivity contribution is 7.22. The number of fused-ring (bicyclic) bond motifs is 1. The van der Waals surface area contributed by atoms with E-state index in [2.05, 4.69) is 15.6 Å².